The molecule has 1 aromatic heterocycles. The van der Waals surface area contributed by atoms with E-state index in [1.54, 1.807) is 0 Å². The van der Waals surface area contributed by atoms with E-state index in [-0.39, 0.29) is 4.88 Å². The standard InChI is InChI=1S/C8H10F2N2OS/c9-7(10)6-5-11-8(14-6)12-1-3-13-4-2-12/h5,7H,1-4H2. The van der Waals surface area contributed by atoms with Crippen LogP contribution in [0.5, 0.6) is 0 Å². The van der Waals surface area contributed by atoms with Crippen LogP contribution in [-0.4, -0.2) is 31.3 Å². The van der Waals surface area contributed by atoms with E-state index in [9.17, 15) is 8.78 Å². The lowest BCUT2D eigenvalue weighted by molar-refractivity contribution is 0.122. The van der Waals surface area contributed by atoms with E-state index in [1.165, 1.54) is 6.20 Å². The zero-order valence-corrected chi connectivity index (χ0v) is 8.27. The number of nitrogens with zero attached hydrogens (tertiary/aromatic N) is 2. The fraction of sp³-hybridized carbons (Fsp3) is 0.625. The molecule has 0 amide bonds. The molecule has 0 atom stereocenters. The molecule has 0 bridgehead atoms. The average molecular weight is 220 g/mol. The summed E-state index contributed by atoms with van der Waals surface area (Å²) in [5, 5.41) is 0.670. The molecule has 1 aliphatic heterocycles. The van der Waals surface area contributed by atoms with Crippen molar-refractivity contribution < 1.29 is 13.5 Å². The molecule has 0 radical (unpaired) electrons. The van der Waals surface area contributed by atoms with Crippen LogP contribution in [0.1, 0.15) is 11.3 Å². The second kappa shape index (κ2) is 4.18. The predicted molar refractivity (Wildman–Crippen MR) is 50.1 cm³/mol. The molecule has 0 aliphatic carbocycles. The van der Waals surface area contributed by atoms with Gasteiger partial charge in [0.25, 0.3) is 6.43 Å². The SMILES string of the molecule is FC(F)c1cnc(N2CCOCC2)s1. The molecule has 1 aliphatic rings. The molecule has 2 rings (SSSR count). The summed E-state index contributed by atoms with van der Waals surface area (Å²) < 4.78 is 29.7. The maximum absolute atomic E-state index is 12.3. The van der Waals surface area contributed by atoms with Crippen molar-refractivity contribution in [1.82, 2.24) is 4.98 Å². The summed E-state index contributed by atoms with van der Waals surface area (Å²) in [5.74, 6) is 0. The van der Waals surface area contributed by atoms with Gasteiger partial charge in [-0.25, -0.2) is 13.8 Å². The molecule has 78 valence electrons. The molecule has 6 heteroatoms. The summed E-state index contributed by atoms with van der Waals surface area (Å²) >= 11 is 1.06. The second-order valence-corrected chi connectivity index (χ2v) is 3.99. The first-order valence-electron chi connectivity index (χ1n) is 4.34. The van der Waals surface area contributed by atoms with E-state index in [0.717, 1.165) is 24.4 Å². The fourth-order valence-electron chi connectivity index (χ4n) is 1.28. The number of rotatable bonds is 2. The molecule has 0 spiro atoms. The number of aromatic nitrogens is 1. The number of morpholine rings is 1. The highest BCUT2D eigenvalue weighted by atomic mass is 32.1. The molecule has 3 nitrogen and oxygen atoms in total. The van der Waals surface area contributed by atoms with E-state index in [0.29, 0.717) is 18.3 Å². The van der Waals surface area contributed by atoms with Gasteiger partial charge in [-0.15, -0.1) is 0 Å². The van der Waals surface area contributed by atoms with Crippen LogP contribution in [0.3, 0.4) is 0 Å². The van der Waals surface area contributed by atoms with Gasteiger partial charge in [-0.05, 0) is 0 Å². The first-order chi connectivity index (χ1) is 6.77. The third kappa shape index (κ3) is 2.01. The Labute approximate surface area is 84.3 Å². The first kappa shape index (κ1) is 9.79. The fourth-order valence-corrected chi connectivity index (χ4v) is 2.10. The number of alkyl halides is 2. The number of hydrogen-bond donors (Lipinski definition) is 0. The minimum Gasteiger partial charge on any atom is -0.378 e. The van der Waals surface area contributed by atoms with Gasteiger partial charge in [0.1, 0.15) is 0 Å². The summed E-state index contributed by atoms with van der Waals surface area (Å²) in [6.07, 6.45) is -1.16. The predicted octanol–water partition coefficient (Wildman–Crippen LogP) is 1.92. The molecule has 0 saturated carbocycles. The van der Waals surface area contributed by atoms with Crippen molar-refractivity contribution in [2.45, 2.75) is 6.43 Å². The van der Waals surface area contributed by atoms with Gasteiger partial charge in [0, 0.05) is 19.3 Å². The highest BCUT2D eigenvalue weighted by Gasteiger charge is 2.17. The Bertz CT molecular complexity index is 299. The van der Waals surface area contributed by atoms with Gasteiger partial charge in [-0.3, -0.25) is 0 Å². The Morgan fingerprint density at radius 1 is 1.43 bits per heavy atom. The molecule has 1 saturated heterocycles. The van der Waals surface area contributed by atoms with Crippen molar-refractivity contribution >= 4 is 16.5 Å². The van der Waals surface area contributed by atoms with Crippen LogP contribution < -0.4 is 4.90 Å². The number of thiazole rings is 1. The lowest BCUT2D eigenvalue weighted by Gasteiger charge is -2.25. The van der Waals surface area contributed by atoms with E-state index in [2.05, 4.69) is 4.98 Å². The third-order valence-electron chi connectivity index (χ3n) is 2.01. The first-order valence-corrected chi connectivity index (χ1v) is 5.15. The topological polar surface area (TPSA) is 25.4 Å². The lowest BCUT2D eigenvalue weighted by Crippen LogP contribution is -2.36. The molecule has 2 heterocycles. The lowest BCUT2D eigenvalue weighted by atomic mass is 10.5. The third-order valence-corrected chi connectivity index (χ3v) is 3.07. The minimum absolute atomic E-state index is 0.0338. The number of hydrogen-bond acceptors (Lipinski definition) is 4. The van der Waals surface area contributed by atoms with Gasteiger partial charge in [-0.1, -0.05) is 11.3 Å². The van der Waals surface area contributed by atoms with Crippen LogP contribution >= 0.6 is 11.3 Å². The largest absolute Gasteiger partial charge is 0.378 e. The molecule has 1 fully saturated rings. The Hall–Kier alpha value is -0.750. The molecule has 0 unspecified atom stereocenters. The van der Waals surface area contributed by atoms with E-state index in [4.69, 9.17) is 4.74 Å². The second-order valence-electron chi connectivity index (χ2n) is 2.95. The van der Waals surface area contributed by atoms with Crippen LogP contribution in [0.4, 0.5) is 13.9 Å². The van der Waals surface area contributed by atoms with Crippen molar-refractivity contribution in [2.75, 3.05) is 31.2 Å². The van der Waals surface area contributed by atoms with Gasteiger partial charge in [-0.2, -0.15) is 0 Å². The highest BCUT2D eigenvalue weighted by molar-refractivity contribution is 7.15. The summed E-state index contributed by atoms with van der Waals surface area (Å²) in [4.78, 5) is 5.98. The van der Waals surface area contributed by atoms with Crippen LogP contribution in [0, 0.1) is 0 Å². The van der Waals surface area contributed by atoms with Crippen molar-refractivity contribution in [3.05, 3.63) is 11.1 Å². The van der Waals surface area contributed by atoms with Crippen LogP contribution in [0.2, 0.25) is 0 Å². The monoisotopic (exact) mass is 220 g/mol. The molecular formula is C8H10F2N2OS. The van der Waals surface area contributed by atoms with E-state index >= 15 is 0 Å². The molecule has 14 heavy (non-hydrogen) atoms. The normalized spacial score (nSPS) is 17.8. The maximum Gasteiger partial charge on any atom is 0.274 e. The van der Waals surface area contributed by atoms with Gasteiger partial charge in [0.2, 0.25) is 0 Å². The smallest absolute Gasteiger partial charge is 0.274 e. The molecule has 1 aromatic rings. The highest BCUT2D eigenvalue weighted by Crippen LogP contribution is 2.30. The Balaban J connectivity index is 2.07. The van der Waals surface area contributed by atoms with Crippen LogP contribution in [-0.2, 0) is 4.74 Å². The molecule has 0 N–H and O–H groups in total. The van der Waals surface area contributed by atoms with Crippen molar-refractivity contribution in [1.29, 1.82) is 0 Å². The van der Waals surface area contributed by atoms with E-state index < -0.39 is 6.43 Å². The van der Waals surface area contributed by atoms with Gasteiger partial charge in [0.15, 0.2) is 5.13 Å². The van der Waals surface area contributed by atoms with Crippen LogP contribution in [0.15, 0.2) is 6.20 Å². The Morgan fingerprint density at radius 2 is 2.14 bits per heavy atom. The van der Waals surface area contributed by atoms with E-state index in [1.807, 2.05) is 4.90 Å². The summed E-state index contributed by atoms with van der Waals surface area (Å²) in [6.45, 7) is 2.75. The van der Waals surface area contributed by atoms with Crippen LogP contribution in [0.25, 0.3) is 0 Å². The molecular weight excluding hydrogens is 210 g/mol. The minimum atomic E-state index is -2.41. The zero-order valence-electron chi connectivity index (χ0n) is 7.45. The van der Waals surface area contributed by atoms with Gasteiger partial charge >= 0.3 is 0 Å². The van der Waals surface area contributed by atoms with Crippen molar-refractivity contribution in [3.8, 4) is 0 Å². The zero-order chi connectivity index (χ0) is 9.97. The average Bonchev–Trinajstić information content (AvgIpc) is 2.68. The van der Waals surface area contributed by atoms with Gasteiger partial charge in [0.05, 0.1) is 18.1 Å². The van der Waals surface area contributed by atoms with Crippen molar-refractivity contribution in [2.24, 2.45) is 0 Å². The Kier molecular flexibility index (Phi) is 2.93. The number of anilines is 1. The maximum atomic E-state index is 12.3. The quantitative estimate of drug-likeness (QED) is 0.761. The van der Waals surface area contributed by atoms with Gasteiger partial charge < -0.3 is 9.64 Å². The number of halogens is 2. The Morgan fingerprint density at radius 3 is 2.71 bits per heavy atom. The summed E-state index contributed by atoms with van der Waals surface area (Å²) in [7, 11) is 0. The summed E-state index contributed by atoms with van der Waals surface area (Å²) in [6, 6.07) is 0. The van der Waals surface area contributed by atoms with Crippen molar-refractivity contribution in [3.63, 3.8) is 0 Å². The molecule has 0 aromatic carbocycles. The number of ether oxygens (including phenoxy) is 1. The summed E-state index contributed by atoms with van der Waals surface area (Å²) in [5.41, 5.74) is 0.